The summed E-state index contributed by atoms with van der Waals surface area (Å²) in [4.78, 5) is 0. The Hall–Kier alpha value is -1.24. The number of benzene rings is 1. The van der Waals surface area contributed by atoms with Gasteiger partial charge in [-0.25, -0.2) is 0 Å². The molecule has 2 rings (SSSR count). The highest BCUT2D eigenvalue weighted by molar-refractivity contribution is 5.68. The van der Waals surface area contributed by atoms with Crippen molar-refractivity contribution < 1.29 is 5.11 Å². The highest BCUT2D eigenvalue weighted by Crippen LogP contribution is 2.31. The number of hydrogen-bond acceptors (Lipinski definition) is 1. The monoisotopic (exact) mass is 202 g/mol. The molecule has 0 atom stereocenters. The van der Waals surface area contributed by atoms with E-state index in [2.05, 4.69) is 18.2 Å². The zero-order valence-electron chi connectivity index (χ0n) is 9.51. The van der Waals surface area contributed by atoms with Crippen LogP contribution in [0.5, 0.6) is 5.75 Å². The molecular formula is C14H18O. The van der Waals surface area contributed by atoms with Crippen LogP contribution in [0.25, 0.3) is 5.57 Å². The Bertz CT molecular complexity index is 379. The first-order valence-electron chi connectivity index (χ1n) is 5.68. The summed E-state index contributed by atoms with van der Waals surface area (Å²) < 4.78 is 0. The molecule has 80 valence electrons. The first kappa shape index (κ1) is 10.3. The maximum absolute atomic E-state index is 9.71. The topological polar surface area (TPSA) is 20.2 Å². The SMILES string of the molecule is Cc1cc(C2=CCCCC2)cc(C)c1O. The van der Waals surface area contributed by atoms with Crippen molar-refractivity contribution in [1.82, 2.24) is 0 Å². The van der Waals surface area contributed by atoms with E-state index in [-0.39, 0.29) is 0 Å². The summed E-state index contributed by atoms with van der Waals surface area (Å²) in [5.74, 6) is 0.440. The Kier molecular flexibility index (Phi) is 2.81. The lowest BCUT2D eigenvalue weighted by Crippen LogP contribution is -1.93. The smallest absolute Gasteiger partial charge is 0.121 e. The predicted octanol–water partition coefficient (Wildman–Crippen LogP) is 3.97. The van der Waals surface area contributed by atoms with E-state index >= 15 is 0 Å². The van der Waals surface area contributed by atoms with Gasteiger partial charge in [0.2, 0.25) is 0 Å². The Morgan fingerprint density at radius 3 is 2.27 bits per heavy atom. The van der Waals surface area contributed by atoms with Crippen molar-refractivity contribution in [3.63, 3.8) is 0 Å². The second kappa shape index (κ2) is 4.09. The third-order valence-corrected chi connectivity index (χ3v) is 3.15. The minimum atomic E-state index is 0.440. The largest absolute Gasteiger partial charge is 0.507 e. The quantitative estimate of drug-likeness (QED) is 0.730. The van der Waals surface area contributed by atoms with Gasteiger partial charge in [-0.3, -0.25) is 0 Å². The van der Waals surface area contributed by atoms with Gasteiger partial charge in [0.15, 0.2) is 0 Å². The zero-order valence-corrected chi connectivity index (χ0v) is 9.51. The molecule has 1 aliphatic rings. The molecule has 0 fully saturated rings. The Morgan fingerprint density at radius 1 is 1.07 bits per heavy atom. The molecule has 0 aliphatic heterocycles. The lowest BCUT2D eigenvalue weighted by atomic mass is 9.91. The maximum atomic E-state index is 9.71. The van der Waals surface area contributed by atoms with Crippen molar-refractivity contribution in [2.45, 2.75) is 39.5 Å². The van der Waals surface area contributed by atoms with Crippen LogP contribution < -0.4 is 0 Å². The molecule has 0 heterocycles. The minimum Gasteiger partial charge on any atom is -0.507 e. The first-order valence-corrected chi connectivity index (χ1v) is 5.68. The molecule has 1 aromatic rings. The van der Waals surface area contributed by atoms with E-state index in [1.54, 1.807) is 0 Å². The molecule has 0 amide bonds. The van der Waals surface area contributed by atoms with Crippen molar-refractivity contribution in [2.24, 2.45) is 0 Å². The number of phenols is 1. The molecule has 1 aromatic carbocycles. The average molecular weight is 202 g/mol. The standard InChI is InChI=1S/C14H18O/c1-10-8-13(9-11(2)14(10)15)12-6-4-3-5-7-12/h6,8-9,15H,3-5,7H2,1-2H3. The molecule has 1 N–H and O–H groups in total. The summed E-state index contributed by atoms with van der Waals surface area (Å²) in [5.41, 5.74) is 4.71. The molecule has 0 saturated heterocycles. The zero-order chi connectivity index (χ0) is 10.8. The molecule has 15 heavy (non-hydrogen) atoms. The van der Waals surface area contributed by atoms with Crippen LogP contribution in [0, 0.1) is 13.8 Å². The van der Waals surface area contributed by atoms with Crippen LogP contribution in [0.1, 0.15) is 42.4 Å². The molecular weight excluding hydrogens is 184 g/mol. The summed E-state index contributed by atoms with van der Waals surface area (Å²) in [6, 6.07) is 4.19. The Balaban J connectivity index is 2.40. The van der Waals surface area contributed by atoms with Gasteiger partial charge in [0.05, 0.1) is 0 Å². The number of allylic oxidation sites excluding steroid dienone is 2. The van der Waals surface area contributed by atoms with Gasteiger partial charge in [0.1, 0.15) is 5.75 Å². The summed E-state index contributed by atoms with van der Waals surface area (Å²) in [6.07, 6.45) is 7.34. The summed E-state index contributed by atoms with van der Waals surface area (Å²) >= 11 is 0. The number of hydrogen-bond donors (Lipinski definition) is 1. The molecule has 0 saturated carbocycles. The van der Waals surface area contributed by atoms with Gasteiger partial charge in [0.25, 0.3) is 0 Å². The Morgan fingerprint density at radius 2 is 1.73 bits per heavy atom. The van der Waals surface area contributed by atoms with Gasteiger partial charge in [-0.05, 0) is 73.9 Å². The van der Waals surface area contributed by atoms with Gasteiger partial charge < -0.3 is 5.11 Å². The summed E-state index contributed by atoms with van der Waals surface area (Å²) in [7, 11) is 0. The molecule has 1 nitrogen and oxygen atoms in total. The normalized spacial score (nSPS) is 16.3. The third kappa shape index (κ3) is 2.06. The molecule has 0 bridgehead atoms. The lowest BCUT2D eigenvalue weighted by molar-refractivity contribution is 0.467. The van der Waals surface area contributed by atoms with E-state index in [1.165, 1.54) is 36.8 Å². The van der Waals surface area contributed by atoms with Crippen LogP contribution in [0.2, 0.25) is 0 Å². The highest BCUT2D eigenvalue weighted by Gasteiger charge is 2.09. The molecule has 1 heteroatoms. The van der Waals surface area contributed by atoms with Crippen LogP contribution in [-0.4, -0.2) is 5.11 Å². The van der Waals surface area contributed by atoms with E-state index in [1.807, 2.05) is 13.8 Å². The summed E-state index contributed by atoms with van der Waals surface area (Å²) in [5, 5.41) is 9.71. The average Bonchev–Trinajstić information content (AvgIpc) is 2.26. The molecule has 0 spiro atoms. The third-order valence-electron chi connectivity index (χ3n) is 3.15. The Labute approximate surface area is 91.4 Å². The molecule has 0 unspecified atom stereocenters. The van der Waals surface area contributed by atoms with Crippen molar-refractivity contribution in [2.75, 3.05) is 0 Å². The van der Waals surface area contributed by atoms with Crippen LogP contribution in [0.4, 0.5) is 0 Å². The van der Waals surface area contributed by atoms with Gasteiger partial charge in [-0.15, -0.1) is 0 Å². The second-order valence-corrected chi connectivity index (χ2v) is 4.43. The van der Waals surface area contributed by atoms with Crippen LogP contribution in [0.3, 0.4) is 0 Å². The highest BCUT2D eigenvalue weighted by atomic mass is 16.3. The van der Waals surface area contributed by atoms with Gasteiger partial charge >= 0.3 is 0 Å². The van der Waals surface area contributed by atoms with Crippen LogP contribution >= 0.6 is 0 Å². The van der Waals surface area contributed by atoms with Crippen molar-refractivity contribution >= 4 is 5.57 Å². The van der Waals surface area contributed by atoms with E-state index < -0.39 is 0 Å². The van der Waals surface area contributed by atoms with Gasteiger partial charge in [-0.2, -0.15) is 0 Å². The first-order chi connectivity index (χ1) is 7.18. The fourth-order valence-electron chi connectivity index (χ4n) is 2.24. The van der Waals surface area contributed by atoms with E-state index in [4.69, 9.17) is 0 Å². The molecule has 0 radical (unpaired) electrons. The molecule has 1 aliphatic carbocycles. The van der Waals surface area contributed by atoms with E-state index in [0.29, 0.717) is 5.75 Å². The van der Waals surface area contributed by atoms with E-state index in [9.17, 15) is 5.11 Å². The van der Waals surface area contributed by atoms with Crippen molar-refractivity contribution in [3.05, 3.63) is 34.9 Å². The number of rotatable bonds is 1. The van der Waals surface area contributed by atoms with Crippen LogP contribution in [0.15, 0.2) is 18.2 Å². The number of aromatic hydroxyl groups is 1. The van der Waals surface area contributed by atoms with Crippen molar-refractivity contribution in [1.29, 1.82) is 0 Å². The fraction of sp³-hybridized carbons (Fsp3) is 0.429. The number of aryl methyl sites for hydroxylation is 2. The van der Waals surface area contributed by atoms with Crippen LogP contribution in [-0.2, 0) is 0 Å². The van der Waals surface area contributed by atoms with Gasteiger partial charge in [0, 0.05) is 0 Å². The molecule has 0 aromatic heterocycles. The fourth-order valence-corrected chi connectivity index (χ4v) is 2.24. The predicted molar refractivity (Wildman–Crippen MR) is 64.0 cm³/mol. The van der Waals surface area contributed by atoms with Crippen molar-refractivity contribution in [3.8, 4) is 5.75 Å². The minimum absolute atomic E-state index is 0.440. The summed E-state index contributed by atoms with van der Waals surface area (Å²) in [6.45, 7) is 3.93. The lowest BCUT2D eigenvalue weighted by Gasteiger charge is -2.15. The van der Waals surface area contributed by atoms with E-state index in [0.717, 1.165) is 11.1 Å². The second-order valence-electron chi connectivity index (χ2n) is 4.43. The maximum Gasteiger partial charge on any atom is 0.121 e. The van der Waals surface area contributed by atoms with Gasteiger partial charge in [-0.1, -0.05) is 6.08 Å². The number of phenolic OH excluding ortho intramolecular Hbond substituents is 1.